The highest BCUT2D eigenvalue weighted by Crippen LogP contribution is 2.43. The Bertz CT molecular complexity index is 355. The zero-order valence-electron chi connectivity index (χ0n) is 13.3. The molecular weight excluding hydrogens is 256 g/mol. The van der Waals surface area contributed by atoms with Crippen LogP contribution in [0.4, 0.5) is 0 Å². The molecule has 1 N–H and O–H groups in total. The van der Waals surface area contributed by atoms with Crippen molar-refractivity contribution in [1.29, 1.82) is 0 Å². The minimum atomic E-state index is -0.750. The first-order chi connectivity index (χ1) is 9.38. The molecular formula is C16H28O4. The third kappa shape index (κ3) is 3.08. The van der Waals surface area contributed by atoms with E-state index in [2.05, 4.69) is 26.8 Å². The standard InChI is InChI=1S/C16H28O4/c1-10-6-11(2)15(17)14(9-18-5)16(8-10)19-12(3)7-13(4)20-16/h6,10,12-15,17H,7-9H2,1-5H3/t10-,12-,13+,14-,15-,16?/m0/s1. The number of ether oxygens (including phenoxy) is 3. The molecule has 1 unspecified atom stereocenters. The highest BCUT2D eigenvalue weighted by Gasteiger charge is 2.51. The number of rotatable bonds is 2. The summed E-state index contributed by atoms with van der Waals surface area (Å²) in [5.41, 5.74) is 0.981. The van der Waals surface area contributed by atoms with Gasteiger partial charge in [-0.1, -0.05) is 13.0 Å². The average molecular weight is 284 g/mol. The largest absolute Gasteiger partial charge is 0.388 e. The third-order valence-corrected chi connectivity index (χ3v) is 4.38. The third-order valence-electron chi connectivity index (χ3n) is 4.38. The summed E-state index contributed by atoms with van der Waals surface area (Å²) in [5.74, 6) is -0.636. The SMILES string of the molecule is COC[C@H]1[C@@H](O)C(C)=C[C@H](C)CC12O[C@H](C)C[C@H](C)O2. The summed E-state index contributed by atoms with van der Waals surface area (Å²) in [7, 11) is 1.66. The average Bonchev–Trinajstić information content (AvgIpc) is 2.39. The molecule has 1 aliphatic carbocycles. The second kappa shape index (κ2) is 6.14. The molecule has 6 atom stereocenters. The molecule has 1 spiro atoms. The Balaban J connectivity index is 2.36. The van der Waals surface area contributed by atoms with Crippen molar-refractivity contribution in [2.75, 3.05) is 13.7 Å². The smallest absolute Gasteiger partial charge is 0.177 e. The fourth-order valence-electron chi connectivity index (χ4n) is 3.71. The van der Waals surface area contributed by atoms with E-state index in [1.807, 2.05) is 6.92 Å². The van der Waals surface area contributed by atoms with Crippen LogP contribution in [-0.4, -0.2) is 42.9 Å². The van der Waals surface area contributed by atoms with Crippen LogP contribution >= 0.6 is 0 Å². The lowest BCUT2D eigenvalue weighted by molar-refractivity contribution is -0.349. The van der Waals surface area contributed by atoms with Crippen molar-refractivity contribution in [2.45, 2.75) is 64.6 Å². The van der Waals surface area contributed by atoms with E-state index < -0.39 is 11.9 Å². The number of methoxy groups -OCH3 is 1. The molecule has 0 aromatic carbocycles. The fourth-order valence-corrected chi connectivity index (χ4v) is 3.71. The second-order valence-electron chi connectivity index (χ2n) is 6.50. The van der Waals surface area contributed by atoms with Gasteiger partial charge in [0.2, 0.25) is 0 Å². The normalized spacial score (nSPS) is 46.1. The van der Waals surface area contributed by atoms with Crippen molar-refractivity contribution >= 4 is 0 Å². The number of hydrogen-bond donors (Lipinski definition) is 1. The van der Waals surface area contributed by atoms with Gasteiger partial charge in [0.1, 0.15) is 0 Å². The van der Waals surface area contributed by atoms with Gasteiger partial charge in [-0.2, -0.15) is 0 Å². The van der Waals surface area contributed by atoms with Crippen molar-refractivity contribution in [3.63, 3.8) is 0 Å². The van der Waals surface area contributed by atoms with E-state index in [1.165, 1.54) is 0 Å². The van der Waals surface area contributed by atoms with Crippen LogP contribution in [0.3, 0.4) is 0 Å². The van der Waals surface area contributed by atoms with Gasteiger partial charge in [-0.3, -0.25) is 0 Å². The predicted molar refractivity (Wildman–Crippen MR) is 77.4 cm³/mol. The van der Waals surface area contributed by atoms with Crippen molar-refractivity contribution in [3.8, 4) is 0 Å². The molecule has 0 amide bonds. The van der Waals surface area contributed by atoms with Crippen LogP contribution in [0.15, 0.2) is 11.6 Å². The Morgan fingerprint density at radius 1 is 1.30 bits per heavy atom. The minimum absolute atomic E-state index is 0.135. The summed E-state index contributed by atoms with van der Waals surface area (Å²) in [5, 5.41) is 10.6. The van der Waals surface area contributed by atoms with Gasteiger partial charge in [-0.25, -0.2) is 0 Å². The molecule has 1 saturated heterocycles. The molecule has 4 nitrogen and oxygen atoms in total. The molecule has 2 rings (SSSR count). The first-order valence-electron chi connectivity index (χ1n) is 7.59. The Hall–Kier alpha value is -0.420. The molecule has 20 heavy (non-hydrogen) atoms. The van der Waals surface area contributed by atoms with Gasteiger partial charge >= 0.3 is 0 Å². The second-order valence-corrected chi connectivity index (χ2v) is 6.50. The van der Waals surface area contributed by atoms with E-state index in [0.29, 0.717) is 12.5 Å². The first-order valence-corrected chi connectivity index (χ1v) is 7.59. The van der Waals surface area contributed by atoms with E-state index in [0.717, 1.165) is 18.4 Å². The highest BCUT2D eigenvalue weighted by molar-refractivity contribution is 5.14. The molecule has 0 saturated carbocycles. The van der Waals surface area contributed by atoms with Crippen molar-refractivity contribution in [2.24, 2.45) is 11.8 Å². The molecule has 2 aliphatic rings. The monoisotopic (exact) mass is 284 g/mol. The summed E-state index contributed by atoms with van der Waals surface area (Å²) < 4.78 is 17.8. The maximum absolute atomic E-state index is 10.6. The Labute approximate surface area is 122 Å². The molecule has 1 fully saturated rings. The van der Waals surface area contributed by atoms with Gasteiger partial charge in [0.15, 0.2) is 5.79 Å². The lowest BCUT2D eigenvalue weighted by Crippen LogP contribution is -2.56. The molecule has 0 radical (unpaired) electrons. The van der Waals surface area contributed by atoms with Crippen molar-refractivity contribution in [1.82, 2.24) is 0 Å². The van der Waals surface area contributed by atoms with Crippen LogP contribution in [-0.2, 0) is 14.2 Å². The van der Waals surface area contributed by atoms with Gasteiger partial charge < -0.3 is 19.3 Å². The van der Waals surface area contributed by atoms with Gasteiger partial charge in [0.05, 0.1) is 30.8 Å². The quantitative estimate of drug-likeness (QED) is 0.792. The van der Waals surface area contributed by atoms with Crippen LogP contribution in [0.25, 0.3) is 0 Å². The van der Waals surface area contributed by atoms with E-state index >= 15 is 0 Å². The van der Waals surface area contributed by atoms with E-state index in [-0.39, 0.29) is 18.1 Å². The van der Waals surface area contributed by atoms with Gasteiger partial charge in [0, 0.05) is 13.5 Å². The van der Waals surface area contributed by atoms with Gasteiger partial charge in [0.25, 0.3) is 0 Å². The Morgan fingerprint density at radius 2 is 1.90 bits per heavy atom. The molecule has 0 aromatic rings. The van der Waals surface area contributed by atoms with Crippen LogP contribution in [0, 0.1) is 11.8 Å². The van der Waals surface area contributed by atoms with Crippen molar-refractivity contribution < 1.29 is 19.3 Å². The lowest BCUT2D eigenvalue weighted by Gasteiger charge is -2.48. The molecule has 4 heteroatoms. The summed E-state index contributed by atoms with van der Waals surface area (Å²) in [6, 6.07) is 0. The van der Waals surface area contributed by atoms with Crippen molar-refractivity contribution in [3.05, 3.63) is 11.6 Å². The first kappa shape index (κ1) is 16.0. The molecule has 116 valence electrons. The summed E-state index contributed by atoms with van der Waals surface area (Å²) in [4.78, 5) is 0. The van der Waals surface area contributed by atoms with E-state index in [1.54, 1.807) is 7.11 Å². The number of aliphatic hydroxyl groups excluding tert-OH is 1. The van der Waals surface area contributed by atoms with Crippen LogP contribution in [0.5, 0.6) is 0 Å². The maximum atomic E-state index is 10.6. The Morgan fingerprint density at radius 3 is 2.45 bits per heavy atom. The van der Waals surface area contributed by atoms with Gasteiger partial charge in [-0.15, -0.1) is 0 Å². The maximum Gasteiger partial charge on any atom is 0.177 e. The summed E-state index contributed by atoms with van der Waals surface area (Å²) >= 11 is 0. The molecule has 0 aromatic heterocycles. The fraction of sp³-hybridized carbons (Fsp3) is 0.875. The van der Waals surface area contributed by atoms with Crippen LogP contribution < -0.4 is 0 Å². The molecule has 1 aliphatic heterocycles. The van der Waals surface area contributed by atoms with Gasteiger partial charge in [-0.05, 0) is 38.7 Å². The molecule has 1 heterocycles. The number of aliphatic hydroxyl groups is 1. The number of hydrogen-bond acceptors (Lipinski definition) is 4. The topological polar surface area (TPSA) is 47.9 Å². The van der Waals surface area contributed by atoms with Crippen LogP contribution in [0.2, 0.25) is 0 Å². The van der Waals surface area contributed by atoms with E-state index in [9.17, 15) is 5.11 Å². The number of allylic oxidation sites excluding steroid dienone is 1. The summed E-state index contributed by atoms with van der Waals surface area (Å²) in [6.07, 6.45) is 3.45. The van der Waals surface area contributed by atoms with Crippen LogP contribution in [0.1, 0.15) is 40.5 Å². The Kier molecular flexibility index (Phi) is 4.90. The molecule has 0 bridgehead atoms. The predicted octanol–water partition coefficient (Wildman–Crippen LogP) is 2.51. The highest BCUT2D eigenvalue weighted by atomic mass is 16.7. The summed E-state index contributed by atoms with van der Waals surface area (Å²) in [6.45, 7) is 8.70. The zero-order valence-corrected chi connectivity index (χ0v) is 13.3. The minimum Gasteiger partial charge on any atom is -0.388 e. The van der Waals surface area contributed by atoms with E-state index in [4.69, 9.17) is 14.2 Å². The zero-order chi connectivity index (χ0) is 14.9. The lowest BCUT2D eigenvalue weighted by atomic mass is 9.86.